The number of rotatable bonds is 8. The SMILES string of the molecule is CNC(=O)c1c(-c2ccc(F)cc2)oc2cc(N(Cc3ccc(C4COB(O)C4)c(Cl)c3)[SH](=O)=O)c(C3CC3)cc12. The molecule has 1 aliphatic carbocycles. The quantitative estimate of drug-likeness (QED) is 0.189. The van der Waals surface area contributed by atoms with Gasteiger partial charge in [-0.1, -0.05) is 23.7 Å². The highest BCUT2D eigenvalue weighted by molar-refractivity contribution is 7.74. The summed E-state index contributed by atoms with van der Waals surface area (Å²) in [7, 11) is -2.35. The summed E-state index contributed by atoms with van der Waals surface area (Å²) in [5.41, 5.74) is 4.01. The van der Waals surface area contributed by atoms with Crippen LogP contribution < -0.4 is 9.62 Å². The molecule has 0 spiro atoms. The van der Waals surface area contributed by atoms with Crippen LogP contribution in [0.1, 0.15) is 51.7 Å². The number of thiol groups is 1. The molecule has 2 heterocycles. The topological polar surface area (TPSA) is 109 Å². The molecule has 0 bridgehead atoms. The van der Waals surface area contributed by atoms with E-state index in [4.69, 9.17) is 20.7 Å². The van der Waals surface area contributed by atoms with Crippen LogP contribution in [0.3, 0.4) is 0 Å². The Labute approximate surface area is 243 Å². The zero-order valence-corrected chi connectivity index (χ0v) is 23.8. The fourth-order valence-corrected chi connectivity index (χ4v) is 6.46. The lowest BCUT2D eigenvalue weighted by molar-refractivity contribution is 0.0964. The van der Waals surface area contributed by atoms with Crippen molar-refractivity contribution in [3.8, 4) is 11.3 Å². The number of benzene rings is 3. The Hall–Kier alpha value is -3.38. The Bertz CT molecular complexity index is 1710. The molecule has 12 heteroatoms. The lowest BCUT2D eigenvalue weighted by Crippen LogP contribution is -2.22. The van der Waals surface area contributed by atoms with Crippen molar-refractivity contribution in [3.05, 3.63) is 87.7 Å². The number of nitrogens with one attached hydrogen (secondary N) is 1. The number of anilines is 1. The summed E-state index contributed by atoms with van der Waals surface area (Å²) in [5, 5.41) is 13.4. The highest BCUT2D eigenvalue weighted by atomic mass is 35.5. The molecular weight excluding hydrogens is 570 g/mol. The Morgan fingerprint density at radius 2 is 1.88 bits per heavy atom. The Morgan fingerprint density at radius 1 is 1.12 bits per heavy atom. The molecule has 41 heavy (non-hydrogen) atoms. The second-order valence-corrected chi connectivity index (χ2v) is 11.8. The first-order valence-electron chi connectivity index (χ1n) is 13.3. The second kappa shape index (κ2) is 11.1. The molecule has 1 aliphatic heterocycles. The highest BCUT2D eigenvalue weighted by Gasteiger charge is 2.33. The predicted octanol–water partition coefficient (Wildman–Crippen LogP) is 5.26. The fraction of sp³-hybridized carbons (Fsp3) is 0.276. The monoisotopic (exact) mass is 596 g/mol. The van der Waals surface area contributed by atoms with E-state index in [0.29, 0.717) is 51.3 Å². The standard InChI is InChI=1S/C29H27BClFN2O6S/c1-33-29(35)27-23-11-22(17-3-4-17)25(12-26(23)40-28(27)18-5-7-20(32)8-6-18)34(41(37)38)14-16-2-9-21(24(31)10-16)19-13-30(36)39-15-19/h2,5-12,17,19,36,41H,3-4,13-15H2,1H3,(H,33,35). The van der Waals surface area contributed by atoms with Crippen molar-refractivity contribution in [2.24, 2.45) is 0 Å². The molecule has 1 saturated heterocycles. The number of nitrogens with zero attached hydrogens (tertiary/aromatic N) is 1. The minimum Gasteiger partial charge on any atom is -0.455 e. The van der Waals surface area contributed by atoms with E-state index in [1.807, 2.05) is 18.2 Å². The van der Waals surface area contributed by atoms with Crippen LogP contribution in [0.15, 0.2) is 59.0 Å². The lowest BCUT2D eigenvalue weighted by Gasteiger charge is -2.22. The van der Waals surface area contributed by atoms with Crippen LogP contribution in [-0.4, -0.2) is 40.1 Å². The fourth-order valence-electron chi connectivity index (χ4n) is 5.48. The van der Waals surface area contributed by atoms with Crippen molar-refractivity contribution in [2.45, 2.75) is 37.5 Å². The van der Waals surface area contributed by atoms with Crippen LogP contribution in [0, 0.1) is 5.82 Å². The van der Waals surface area contributed by atoms with Crippen LogP contribution in [0.5, 0.6) is 0 Å². The lowest BCUT2D eigenvalue weighted by atomic mass is 9.79. The maximum atomic E-state index is 13.6. The molecule has 2 aliphatic rings. The summed E-state index contributed by atoms with van der Waals surface area (Å²) in [6, 6.07) is 14.6. The van der Waals surface area contributed by atoms with E-state index in [2.05, 4.69) is 5.32 Å². The highest BCUT2D eigenvalue weighted by Crippen LogP contribution is 2.48. The Kier molecular flexibility index (Phi) is 7.54. The summed E-state index contributed by atoms with van der Waals surface area (Å²) in [6.07, 6.45) is 2.25. The number of carbonyl (C=O) groups excluding carboxylic acids is 1. The summed E-state index contributed by atoms with van der Waals surface area (Å²) in [4.78, 5) is 13.0. The van der Waals surface area contributed by atoms with Crippen LogP contribution in [-0.2, 0) is 22.1 Å². The molecule has 2 N–H and O–H groups in total. The minimum absolute atomic E-state index is 0.0357. The average molecular weight is 597 g/mol. The van der Waals surface area contributed by atoms with Crippen molar-refractivity contribution in [2.75, 3.05) is 18.0 Å². The summed E-state index contributed by atoms with van der Waals surface area (Å²) < 4.78 is 51.7. The number of hydrogen-bond donors (Lipinski definition) is 3. The number of halogens is 2. The molecule has 6 rings (SSSR count). The van der Waals surface area contributed by atoms with Gasteiger partial charge in [0.1, 0.15) is 17.2 Å². The molecule has 3 aromatic carbocycles. The molecule has 1 atom stereocenters. The minimum atomic E-state index is -3.05. The van der Waals surface area contributed by atoms with E-state index in [-0.39, 0.29) is 30.0 Å². The number of carbonyl (C=O) groups is 1. The number of furan rings is 1. The number of amides is 1. The molecule has 212 valence electrons. The van der Waals surface area contributed by atoms with Gasteiger partial charge >= 0.3 is 7.12 Å². The molecule has 1 unspecified atom stereocenters. The van der Waals surface area contributed by atoms with Gasteiger partial charge in [0.15, 0.2) is 0 Å². The van der Waals surface area contributed by atoms with Gasteiger partial charge in [-0.15, -0.1) is 0 Å². The van der Waals surface area contributed by atoms with Crippen LogP contribution in [0.2, 0.25) is 11.3 Å². The first kappa shape index (κ1) is 27.8. The molecule has 2 fully saturated rings. The van der Waals surface area contributed by atoms with E-state index in [9.17, 15) is 22.6 Å². The molecule has 1 amide bonds. The van der Waals surface area contributed by atoms with Gasteiger partial charge < -0.3 is 19.4 Å². The van der Waals surface area contributed by atoms with Crippen molar-refractivity contribution in [1.29, 1.82) is 0 Å². The largest absolute Gasteiger partial charge is 0.455 e. The Balaban J connectivity index is 1.42. The van der Waals surface area contributed by atoms with Gasteiger partial charge in [-0.2, -0.15) is 0 Å². The molecule has 4 aromatic rings. The predicted molar refractivity (Wildman–Crippen MR) is 156 cm³/mol. The van der Waals surface area contributed by atoms with Gasteiger partial charge in [0.2, 0.25) is 10.9 Å². The number of fused-ring (bicyclic) bond motifs is 1. The first-order valence-corrected chi connectivity index (χ1v) is 14.8. The van der Waals surface area contributed by atoms with Gasteiger partial charge in [0, 0.05) is 41.6 Å². The van der Waals surface area contributed by atoms with E-state index in [1.54, 1.807) is 12.1 Å². The van der Waals surface area contributed by atoms with Crippen molar-refractivity contribution < 1.29 is 31.7 Å². The smallest absolute Gasteiger partial charge is 0.454 e. The van der Waals surface area contributed by atoms with Gasteiger partial charge in [-0.25, -0.2) is 12.8 Å². The third kappa shape index (κ3) is 5.47. The summed E-state index contributed by atoms with van der Waals surface area (Å²) in [6.45, 7) is 0.409. The summed E-state index contributed by atoms with van der Waals surface area (Å²) >= 11 is 6.58. The molecule has 1 saturated carbocycles. The third-order valence-corrected chi connectivity index (χ3v) is 8.78. The Morgan fingerprint density at radius 3 is 2.49 bits per heavy atom. The first-order chi connectivity index (χ1) is 19.7. The van der Waals surface area contributed by atoms with Crippen LogP contribution in [0.25, 0.3) is 22.3 Å². The van der Waals surface area contributed by atoms with Crippen LogP contribution in [0.4, 0.5) is 10.1 Å². The van der Waals surface area contributed by atoms with Gasteiger partial charge in [-0.3, -0.25) is 9.10 Å². The number of hydrogen-bond acceptors (Lipinski definition) is 6. The third-order valence-electron chi connectivity index (χ3n) is 7.70. The van der Waals surface area contributed by atoms with E-state index in [1.165, 1.54) is 35.6 Å². The van der Waals surface area contributed by atoms with Crippen molar-refractivity contribution >= 4 is 52.2 Å². The van der Waals surface area contributed by atoms with Crippen LogP contribution >= 0.6 is 11.6 Å². The molecular formula is C29H27BClFN2O6S. The normalized spacial score (nSPS) is 17.0. The zero-order valence-electron chi connectivity index (χ0n) is 22.1. The molecule has 0 radical (unpaired) electrons. The average Bonchev–Trinajstić information content (AvgIpc) is 3.61. The van der Waals surface area contributed by atoms with Crippen molar-refractivity contribution in [3.63, 3.8) is 0 Å². The summed E-state index contributed by atoms with van der Waals surface area (Å²) in [5.74, 6) is -0.388. The maximum Gasteiger partial charge on any atom is 0.454 e. The maximum absolute atomic E-state index is 13.6. The van der Waals surface area contributed by atoms with Crippen molar-refractivity contribution in [1.82, 2.24) is 5.32 Å². The van der Waals surface area contributed by atoms with E-state index < -0.39 is 23.8 Å². The van der Waals surface area contributed by atoms with Gasteiger partial charge in [0.05, 0.1) is 17.8 Å². The molecule has 8 nitrogen and oxygen atoms in total. The van der Waals surface area contributed by atoms with E-state index >= 15 is 0 Å². The second-order valence-electron chi connectivity index (χ2n) is 10.4. The van der Waals surface area contributed by atoms with E-state index in [0.717, 1.165) is 24.0 Å². The van der Waals surface area contributed by atoms with Gasteiger partial charge in [-0.05, 0) is 78.2 Å². The van der Waals surface area contributed by atoms with Gasteiger partial charge in [0.25, 0.3) is 5.91 Å². The zero-order chi connectivity index (χ0) is 28.8. The molecule has 1 aromatic heterocycles.